The van der Waals surface area contributed by atoms with E-state index in [0.29, 0.717) is 23.0 Å². The molecule has 0 spiro atoms. The summed E-state index contributed by atoms with van der Waals surface area (Å²) in [5, 5.41) is 12.1. The fourth-order valence-electron chi connectivity index (χ4n) is 2.48. The van der Waals surface area contributed by atoms with E-state index >= 15 is 0 Å². The van der Waals surface area contributed by atoms with Gasteiger partial charge in [0.15, 0.2) is 0 Å². The van der Waals surface area contributed by atoms with Gasteiger partial charge in [-0.2, -0.15) is 0 Å². The van der Waals surface area contributed by atoms with Crippen LogP contribution in [0.25, 0.3) is 11.3 Å². The zero-order chi connectivity index (χ0) is 20.8. The molecule has 8 nitrogen and oxygen atoms in total. The van der Waals surface area contributed by atoms with Crippen molar-refractivity contribution in [1.82, 2.24) is 5.16 Å². The second kappa shape index (κ2) is 8.87. The van der Waals surface area contributed by atoms with Crippen LogP contribution in [0.15, 0.2) is 59.1 Å². The smallest absolute Gasteiger partial charge is 0.328 e. The third-order valence-electron chi connectivity index (χ3n) is 3.96. The van der Waals surface area contributed by atoms with Gasteiger partial charge in [-0.05, 0) is 43.3 Å². The highest BCUT2D eigenvalue weighted by molar-refractivity contribution is 5.99. The van der Waals surface area contributed by atoms with Crippen molar-refractivity contribution in [3.63, 3.8) is 0 Å². The van der Waals surface area contributed by atoms with Crippen LogP contribution in [0, 0.1) is 5.82 Å². The van der Waals surface area contributed by atoms with Gasteiger partial charge in [-0.3, -0.25) is 0 Å². The predicted molar refractivity (Wildman–Crippen MR) is 106 cm³/mol. The lowest BCUT2D eigenvalue weighted by Crippen LogP contribution is -2.26. The topological polar surface area (TPSA) is 105 Å². The highest BCUT2D eigenvalue weighted by atomic mass is 19.1. The highest BCUT2D eigenvalue weighted by Crippen LogP contribution is 2.24. The predicted octanol–water partition coefficient (Wildman–Crippen LogP) is 4.10. The van der Waals surface area contributed by atoms with Crippen LogP contribution in [0.2, 0.25) is 0 Å². The zero-order valence-electron chi connectivity index (χ0n) is 15.7. The summed E-state index contributed by atoms with van der Waals surface area (Å²) in [6, 6.07) is 13.0. The maximum atomic E-state index is 12.9. The second-order valence-electron chi connectivity index (χ2n) is 6.13. The molecule has 3 N–H and O–H groups in total. The molecule has 1 heterocycles. The number of ether oxygens (including phenoxy) is 1. The van der Waals surface area contributed by atoms with Crippen molar-refractivity contribution in [2.75, 3.05) is 23.1 Å². The van der Waals surface area contributed by atoms with E-state index in [1.165, 1.54) is 31.4 Å². The summed E-state index contributed by atoms with van der Waals surface area (Å²) in [4.78, 5) is 23.5. The van der Waals surface area contributed by atoms with Gasteiger partial charge in [-0.25, -0.2) is 14.0 Å². The van der Waals surface area contributed by atoms with Crippen LogP contribution in [0.4, 0.5) is 26.4 Å². The molecule has 150 valence electrons. The number of halogens is 1. The van der Waals surface area contributed by atoms with E-state index < -0.39 is 18.0 Å². The van der Waals surface area contributed by atoms with Crippen LogP contribution < -0.4 is 16.0 Å². The summed E-state index contributed by atoms with van der Waals surface area (Å²) >= 11 is 0. The number of anilines is 3. The number of nitrogens with one attached hydrogen (secondary N) is 3. The fraction of sp³-hybridized carbons (Fsp3) is 0.150. The zero-order valence-corrected chi connectivity index (χ0v) is 15.7. The quantitative estimate of drug-likeness (QED) is 0.540. The van der Waals surface area contributed by atoms with Gasteiger partial charge in [0, 0.05) is 23.0 Å². The first-order valence-corrected chi connectivity index (χ1v) is 8.69. The number of aromatic nitrogens is 1. The molecule has 0 saturated heterocycles. The summed E-state index contributed by atoms with van der Waals surface area (Å²) in [6.07, 6.45) is 0. The van der Waals surface area contributed by atoms with Gasteiger partial charge in [0.05, 0.1) is 7.11 Å². The Morgan fingerprint density at radius 2 is 1.62 bits per heavy atom. The minimum absolute atomic E-state index is 0.332. The lowest BCUT2D eigenvalue weighted by molar-refractivity contribution is -0.141. The largest absolute Gasteiger partial charge is 0.467 e. The van der Waals surface area contributed by atoms with Gasteiger partial charge >= 0.3 is 12.0 Å². The number of nitrogens with zero attached hydrogens (tertiary/aromatic N) is 1. The number of methoxy groups -OCH3 is 1. The Morgan fingerprint density at radius 1 is 1.03 bits per heavy atom. The molecular formula is C20H19FN4O4. The normalized spacial score (nSPS) is 11.4. The van der Waals surface area contributed by atoms with Crippen LogP contribution in [-0.2, 0) is 9.53 Å². The van der Waals surface area contributed by atoms with Crippen LogP contribution in [0.1, 0.15) is 6.92 Å². The molecule has 1 atom stereocenters. The van der Waals surface area contributed by atoms with Crippen molar-refractivity contribution < 1.29 is 23.2 Å². The highest BCUT2D eigenvalue weighted by Gasteiger charge is 2.15. The Labute approximate surface area is 166 Å². The van der Waals surface area contributed by atoms with Gasteiger partial charge in [-0.15, -0.1) is 0 Å². The fourth-order valence-corrected chi connectivity index (χ4v) is 2.48. The molecule has 0 bridgehead atoms. The monoisotopic (exact) mass is 398 g/mol. The van der Waals surface area contributed by atoms with E-state index in [9.17, 15) is 14.0 Å². The molecule has 0 aliphatic rings. The van der Waals surface area contributed by atoms with E-state index in [-0.39, 0.29) is 5.82 Å². The number of amides is 2. The Kier molecular flexibility index (Phi) is 6.08. The molecule has 3 rings (SSSR count). The minimum atomic E-state index is -0.577. The summed E-state index contributed by atoms with van der Waals surface area (Å²) in [5.74, 6) is -0.464. The van der Waals surface area contributed by atoms with Crippen LogP contribution in [0.5, 0.6) is 0 Å². The summed E-state index contributed by atoms with van der Waals surface area (Å²) < 4.78 is 22.7. The number of urea groups is 1. The lowest BCUT2D eigenvalue weighted by atomic mass is 10.1. The lowest BCUT2D eigenvalue weighted by Gasteiger charge is -2.08. The van der Waals surface area contributed by atoms with Gasteiger partial charge in [0.2, 0.25) is 5.88 Å². The van der Waals surface area contributed by atoms with E-state index in [2.05, 4.69) is 25.8 Å². The molecule has 0 radical (unpaired) electrons. The Bertz CT molecular complexity index is 986. The van der Waals surface area contributed by atoms with Crippen molar-refractivity contribution in [3.05, 3.63) is 60.4 Å². The number of benzene rings is 2. The minimum Gasteiger partial charge on any atom is -0.467 e. The SMILES string of the molecule is COC(=O)C(C)Nc1cc(-c2ccc(NC(=O)Nc3ccc(F)cc3)cc2)no1. The number of carbonyl (C=O) groups excluding carboxylic acids is 2. The molecule has 0 saturated carbocycles. The number of carbonyl (C=O) groups is 2. The van der Waals surface area contributed by atoms with E-state index in [0.717, 1.165) is 5.56 Å². The van der Waals surface area contributed by atoms with Crippen molar-refractivity contribution in [3.8, 4) is 11.3 Å². The first kappa shape index (κ1) is 19.9. The van der Waals surface area contributed by atoms with E-state index in [1.54, 1.807) is 37.3 Å². The number of hydrogen-bond acceptors (Lipinski definition) is 6. The Hall–Kier alpha value is -3.88. The summed E-state index contributed by atoms with van der Waals surface area (Å²) in [6.45, 7) is 1.64. The molecule has 3 aromatic rings. The molecular weight excluding hydrogens is 379 g/mol. The van der Waals surface area contributed by atoms with Crippen molar-refractivity contribution >= 4 is 29.3 Å². The van der Waals surface area contributed by atoms with Gasteiger partial charge in [0.25, 0.3) is 0 Å². The number of esters is 1. The van der Waals surface area contributed by atoms with Gasteiger partial charge < -0.3 is 25.2 Å². The molecule has 1 aromatic heterocycles. The standard InChI is InChI=1S/C20H19FN4O4/c1-12(19(26)28-2)22-18-11-17(25-29-18)13-3-7-15(8-4-13)23-20(27)24-16-9-5-14(21)6-10-16/h3-12,22H,1-2H3,(H2,23,24,27). The second-order valence-corrected chi connectivity index (χ2v) is 6.13. The maximum absolute atomic E-state index is 12.9. The number of rotatable bonds is 6. The van der Waals surface area contributed by atoms with Crippen molar-refractivity contribution in [1.29, 1.82) is 0 Å². The molecule has 9 heteroatoms. The van der Waals surface area contributed by atoms with Crippen molar-refractivity contribution in [2.45, 2.75) is 13.0 Å². The molecule has 1 unspecified atom stereocenters. The van der Waals surface area contributed by atoms with E-state index in [4.69, 9.17) is 4.52 Å². The third-order valence-corrected chi connectivity index (χ3v) is 3.96. The average molecular weight is 398 g/mol. The Balaban J connectivity index is 1.59. The van der Waals surface area contributed by atoms with Crippen LogP contribution in [0.3, 0.4) is 0 Å². The maximum Gasteiger partial charge on any atom is 0.328 e. The van der Waals surface area contributed by atoms with E-state index in [1.807, 2.05) is 0 Å². The molecule has 2 amide bonds. The van der Waals surface area contributed by atoms with Gasteiger partial charge in [-0.1, -0.05) is 17.3 Å². The first-order valence-electron chi connectivity index (χ1n) is 8.69. The molecule has 0 aliphatic carbocycles. The average Bonchev–Trinajstić information content (AvgIpc) is 3.18. The summed E-state index contributed by atoms with van der Waals surface area (Å²) in [7, 11) is 1.31. The van der Waals surface area contributed by atoms with Crippen LogP contribution >= 0.6 is 0 Å². The van der Waals surface area contributed by atoms with Crippen LogP contribution in [-0.4, -0.2) is 30.3 Å². The summed E-state index contributed by atoms with van der Waals surface area (Å²) in [5.41, 5.74) is 2.36. The van der Waals surface area contributed by atoms with Gasteiger partial charge in [0.1, 0.15) is 17.6 Å². The molecule has 29 heavy (non-hydrogen) atoms. The molecule has 0 aliphatic heterocycles. The third kappa shape index (κ3) is 5.32. The molecule has 2 aromatic carbocycles. The Morgan fingerprint density at radius 3 is 2.21 bits per heavy atom. The van der Waals surface area contributed by atoms with Crippen molar-refractivity contribution in [2.24, 2.45) is 0 Å². The first-order chi connectivity index (χ1) is 13.9. The molecule has 0 fully saturated rings. The number of hydrogen-bond donors (Lipinski definition) is 3.